The minimum atomic E-state index is -0.841. The summed E-state index contributed by atoms with van der Waals surface area (Å²) < 4.78 is -1.42. The van der Waals surface area contributed by atoms with Gasteiger partial charge in [0.25, 0.3) is 0 Å². The third kappa shape index (κ3) is 4.77. The van der Waals surface area contributed by atoms with Gasteiger partial charge < -0.3 is 19.8 Å². The van der Waals surface area contributed by atoms with Crippen molar-refractivity contribution in [3.05, 3.63) is 24.3 Å². The van der Waals surface area contributed by atoms with Crippen LogP contribution in [0, 0.1) is 17.8 Å². The van der Waals surface area contributed by atoms with Crippen LogP contribution in [-0.4, -0.2) is 91.9 Å². The lowest BCUT2D eigenvalue weighted by Crippen LogP contribution is -2.57. The van der Waals surface area contributed by atoms with Gasteiger partial charge in [-0.1, -0.05) is 64.8 Å². The fourth-order valence-electron chi connectivity index (χ4n) is 7.00. The van der Waals surface area contributed by atoms with E-state index >= 15 is 0 Å². The van der Waals surface area contributed by atoms with E-state index in [4.69, 9.17) is 0 Å². The van der Waals surface area contributed by atoms with Crippen LogP contribution in [0.4, 0.5) is 0 Å². The van der Waals surface area contributed by atoms with Gasteiger partial charge in [0.15, 0.2) is 0 Å². The Labute approximate surface area is 226 Å². The Hall–Kier alpha value is -1.80. The second kappa shape index (κ2) is 11.1. The van der Waals surface area contributed by atoms with Crippen molar-refractivity contribution in [2.24, 2.45) is 17.8 Å². The van der Waals surface area contributed by atoms with Crippen LogP contribution in [0.3, 0.4) is 0 Å². The number of aliphatic hydroxyl groups excluding tert-OH is 1. The molecule has 2 saturated heterocycles. The van der Waals surface area contributed by atoms with Gasteiger partial charge in [0.1, 0.15) is 6.04 Å². The highest BCUT2D eigenvalue weighted by Crippen LogP contribution is 2.65. The lowest BCUT2D eigenvalue weighted by Gasteiger charge is -2.40. The molecule has 206 valence electrons. The molecule has 4 heterocycles. The molecule has 4 aliphatic rings. The van der Waals surface area contributed by atoms with Gasteiger partial charge in [0, 0.05) is 30.9 Å². The molecule has 0 aliphatic carbocycles. The van der Waals surface area contributed by atoms with Crippen LogP contribution in [0.1, 0.15) is 66.7 Å². The molecule has 0 radical (unpaired) electrons. The lowest BCUT2D eigenvalue weighted by atomic mass is 9.74. The number of rotatable bonds is 10. The summed E-state index contributed by atoms with van der Waals surface area (Å²) in [6, 6.07) is -1.18. The lowest BCUT2D eigenvalue weighted by molar-refractivity contribution is -0.147. The molecular weight excluding hydrogens is 486 g/mol. The van der Waals surface area contributed by atoms with Gasteiger partial charge in [-0.15, -0.1) is 11.8 Å². The number of unbranched alkanes of at least 4 members (excludes halogenated alkanes) is 2. The summed E-state index contributed by atoms with van der Waals surface area (Å²) in [7, 11) is 0. The van der Waals surface area contributed by atoms with Crippen molar-refractivity contribution < 1.29 is 19.5 Å². The van der Waals surface area contributed by atoms with Crippen molar-refractivity contribution >= 4 is 29.5 Å². The van der Waals surface area contributed by atoms with Gasteiger partial charge in [0.05, 0.1) is 29.2 Å². The van der Waals surface area contributed by atoms with Crippen molar-refractivity contribution in [1.82, 2.24) is 14.7 Å². The van der Waals surface area contributed by atoms with Gasteiger partial charge >= 0.3 is 0 Å². The molecule has 0 aromatic rings. The minimum absolute atomic E-state index is 0.00646. The predicted octanol–water partition coefficient (Wildman–Crippen LogP) is 3.48. The molecular formula is C29H45N3O4S. The molecule has 7 nitrogen and oxygen atoms in total. The molecule has 3 amide bonds. The Morgan fingerprint density at radius 3 is 2.24 bits per heavy atom. The zero-order chi connectivity index (χ0) is 27.0. The van der Waals surface area contributed by atoms with Crippen molar-refractivity contribution in [2.45, 2.75) is 88.3 Å². The first kappa shape index (κ1) is 28.2. The van der Waals surface area contributed by atoms with E-state index in [9.17, 15) is 19.5 Å². The van der Waals surface area contributed by atoms with Gasteiger partial charge in [-0.05, 0) is 32.1 Å². The molecule has 0 aromatic carbocycles. The fourth-order valence-corrected chi connectivity index (χ4v) is 9.14. The number of hydrogen-bond acceptors (Lipinski definition) is 5. The van der Waals surface area contributed by atoms with E-state index in [1.54, 1.807) is 16.7 Å². The van der Waals surface area contributed by atoms with Crippen LogP contribution in [0.5, 0.6) is 0 Å². The van der Waals surface area contributed by atoms with Gasteiger partial charge in [0.2, 0.25) is 17.7 Å². The average molecular weight is 532 g/mol. The van der Waals surface area contributed by atoms with Crippen molar-refractivity contribution in [3.8, 4) is 0 Å². The van der Waals surface area contributed by atoms with E-state index in [0.717, 1.165) is 25.7 Å². The molecule has 4 aliphatic heterocycles. The van der Waals surface area contributed by atoms with Crippen LogP contribution in [0.25, 0.3) is 0 Å². The van der Waals surface area contributed by atoms with Gasteiger partial charge in [-0.3, -0.25) is 14.4 Å². The van der Waals surface area contributed by atoms with E-state index in [-0.39, 0.29) is 30.2 Å². The van der Waals surface area contributed by atoms with Crippen molar-refractivity contribution in [1.29, 1.82) is 0 Å². The number of thioether (sulfide) groups is 1. The third-order valence-corrected chi connectivity index (χ3v) is 10.3. The number of nitrogens with zero attached hydrogens (tertiary/aromatic N) is 3. The first-order valence-corrected chi connectivity index (χ1v) is 15.0. The van der Waals surface area contributed by atoms with Crippen LogP contribution in [-0.2, 0) is 14.4 Å². The number of hydrogen-bond donors (Lipinski definition) is 1. The third-order valence-electron chi connectivity index (χ3n) is 8.53. The maximum Gasteiger partial charge on any atom is 0.247 e. The maximum atomic E-state index is 14.5. The molecule has 2 fully saturated rings. The van der Waals surface area contributed by atoms with E-state index in [0.29, 0.717) is 32.6 Å². The number of aliphatic hydroxyl groups is 1. The highest BCUT2D eigenvalue weighted by Gasteiger charge is 2.74. The monoisotopic (exact) mass is 531 g/mol. The Kier molecular flexibility index (Phi) is 8.49. The van der Waals surface area contributed by atoms with Crippen LogP contribution in [0.15, 0.2) is 24.3 Å². The Balaban J connectivity index is 1.83. The standard InChI is InChI=1S/C29H45N3O4S/c1-6-8-9-15-31-17-11-13-29-23(22-25(34)30(14-7-2)16-10-12-28(22,5)37-29)26(35)32(24(29)27(31)36)21(19-33)18-20(3)4/h10-13,20-24,33H,6-9,14-19H2,1-5H3/t21-,22+,23+,24?,28-,29+/m1/s1. The number of carbonyl (C=O) groups excluding carboxylic acids is 3. The zero-order valence-corrected chi connectivity index (χ0v) is 24.0. The van der Waals surface area contributed by atoms with Gasteiger partial charge in [-0.2, -0.15) is 0 Å². The molecule has 0 saturated carbocycles. The summed E-state index contributed by atoms with van der Waals surface area (Å²) in [4.78, 5) is 48.3. The summed E-state index contributed by atoms with van der Waals surface area (Å²) in [5.41, 5.74) is 0. The predicted molar refractivity (Wildman–Crippen MR) is 148 cm³/mol. The molecule has 4 rings (SSSR count). The topological polar surface area (TPSA) is 81.2 Å². The molecule has 6 atom stereocenters. The summed E-state index contributed by atoms with van der Waals surface area (Å²) in [5.74, 6) is -1.14. The molecule has 1 unspecified atom stereocenters. The molecule has 37 heavy (non-hydrogen) atoms. The number of carbonyl (C=O) groups is 3. The normalized spacial score (nSPS) is 34.1. The summed E-state index contributed by atoms with van der Waals surface area (Å²) in [5, 5.41) is 10.5. The highest BCUT2D eigenvalue weighted by atomic mass is 32.2. The first-order valence-electron chi connectivity index (χ1n) is 14.2. The van der Waals surface area contributed by atoms with Crippen LogP contribution in [0.2, 0.25) is 0 Å². The van der Waals surface area contributed by atoms with E-state index in [1.807, 2.05) is 15.9 Å². The molecule has 1 spiro atoms. The van der Waals surface area contributed by atoms with Crippen molar-refractivity contribution in [2.75, 3.05) is 32.8 Å². The summed E-state index contributed by atoms with van der Waals surface area (Å²) in [6.07, 6.45) is 12.8. The Morgan fingerprint density at radius 2 is 1.62 bits per heavy atom. The minimum Gasteiger partial charge on any atom is -0.394 e. The van der Waals surface area contributed by atoms with Crippen LogP contribution < -0.4 is 0 Å². The smallest absolute Gasteiger partial charge is 0.247 e. The van der Waals surface area contributed by atoms with E-state index in [1.165, 1.54) is 0 Å². The van der Waals surface area contributed by atoms with E-state index in [2.05, 4.69) is 52.8 Å². The average Bonchev–Trinajstić information content (AvgIpc) is 3.13. The van der Waals surface area contributed by atoms with E-state index < -0.39 is 33.4 Å². The fraction of sp³-hybridized carbons (Fsp3) is 0.759. The Morgan fingerprint density at radius 1 is 0.946 bits per heavy atom. The Bertz CT molecular complexity index is 951. The second-order valence-electron chi connectivity index (χ2n) is 11.8. The quantitative estimate of drug-likeness (QED) is 0.345. The molecule has 0 bridgehead atoms. The SMILES string of the molecule is CCCCCN1CC=C[C@]23S[C@]4(C)C=CCN(CCC)C(=O)[C@@H]4[C@H]2C(=O)N([C@@H](CO)CC(C)C)C3C1=O. The summed E-state index contributed by atoms with van der Waals surface area (Å²) in [6.45, 7) is 12.6. The highest BCUT2D eigenvalue weighted by molar-refractivity contribution is 8.02. The second-order valence-corrected chi connectivity index (χ2v) is 13.6. The number of amides is 3. The molecule has 8 heteroatoms. The number of likely N-dealkylation sites (tertiary alicyclic amines) is 1. The van der Waals surface area contributed by atoms with Gasteiger partial charge in [-0.25, -0.2) is 0 Å². The van der Waals surface area contributed by atoms with Crippen molar-refractivity contribution in [3.63, 3.8) is 0 Å². The summed E-state index contributed by atoms with van der Waals surface area (Å²) >= 11 is 1.63. The molecule has 1 N–H and O–H groups in total. The number of fused-ring (bicyclic) bond motifs is 2. The first-order chi connectivity index (χ1) is 17.6. The maximum absolute atomic E-state index is 14.5. The zero-order valence-electron chi connectivity index (χ0n) is 23.2. The molecule has 0 aromatic heterocycles. The largest absolute Gasteiger partial charge is 0.394 e. The van der Waals surface area contributed by atoms with Crippen LogP contribution >= 0.6 is 11.8 Å².